The van der Waals surface area contributed by atoms with Crippen molar-refractivity contribution in [3.05, 3.63) is 71.8 Å². The molecule has 1 aliphatic rings. The van der Waals surface area contributed by atoms with Gasteiger partial charge in [-0.2, -0.15) is 0 Å². The first-order valence-electron chi connectivity index (χ1n) is 9.71. The summed E-state index contributed by atoms with van der Waals surface area (Å²) >= 11 is 0. The molecule has 2 aromatic carbocycles. The number of hydroxylamine groups is 1. The van der Waals surface area contributed by atoms with Crippen molar-refractivity contribution in [2.24, 2.45) is 5.92 Å². The number of rotatable bonds is 9. The van der Waals surface area contributed by atoms with Crippen molar-refractivity contribution in [2.45, 2.75) is 25.5 Å². The zero-order valence-electron chi connectivity index (χ0n) is 16.2. The number of hydrogen-bond acceptors (Lipinski definition) is 5. The van der Waals surface area contributed by atoms with Gasteiger partial charge < -0.3 is 14.8 Å². The molecule has 0 saturated carbocycles. The van der Waals surface area contributed by atoms with Crippen LogP contribution in [-0.2, 0) is 32.1 Å². The van der Waals surface area contributed by atoms with E-state index >= 15 is 0 Å². The van der Waals surface area contributed by atoms with E-state index in [1.54, 1.807) is 0 Å². The van der Waals surface area contributed by atoms with Gasteiger partial charge in [0.25, 0.3) is 5.91 Å². The van der Waals surface area contributed by atoms with E-state index in [-0.39, 0.29) is 12.5 Å². The fraction of sp³-hybridized carbons (Fsp3) is 0.364. The molecule has 7 nitrogen and oxygen atoms in total. The molecule has 0 unspecified atom stereocenters. The Morgan fingerprint density at radius 1 is 1.03 bits per heavy atom. The summed E-state index contributed by atoms with van der Waals surface area (Å²) in [5, 5.41) is 2.64. The van der Waals surface area contributed by atoms with Crippen molar-refractivity contribution in [1.29, 1.82) is 0 Å². The molecule has 0 aromatic heterocycles. The Bertz CT molecular complexity index is 763. The predicted octanol–water partition coefficient (Wildman–Crippen LogP) is 2.61. The van der Waals surface area contributed by atoms with Crippen LogP contribution in [0.1, 0.15) is 17.5 Å². The van der Waals surface area contributed by atoms with Crippen molar-refractivity contribution in [3.63, 3.8) is 0 Å². The van der Waals surface area contributed by atoms with Crippen LogP contribution in [0.3, 0.4) is 0 Å². The molecule has 0 radical (unpaired) electrons. The third-order valence-electron chi connectivity index (χ3n) is 4.62. The van der Waals surface area contributed by atoms with Crippen molar-refractivity contribution in [1.82, 2.24) is 10.8 Å². The number of benzene rings is 2. The highest BCUT2D eigenvalue weighted by Crippen LogP contribution is 2.12. The lowest BCUT2D eigenvalue weighted by atomic mass is 10.1. The second kappa shape index (κ2) is 11.2. The first-order chi connectivity index (χ1) is 14.2. The lowest BCUT2D eigenvalue weighted by molar-refractivity contribution is -0.136. The molecule has 3 rings (SSSR count). The molecule has 154 valence electrons. The third-order valence-corrected chi connectivity index (χ3v) is 4.62. The lowest BCUT2D eigenvalue weighted by Gasteiger charge is -2.19. The number of nitrogens with one attached hydrogen (secondary N) is 2. The molecule has 0 spiro atoms. The summed E-state index contributed by atoms with van der Waals surface area (Å²) in [6.07, 6.45) is 0.574. The van der Waals surface area contributed by atoms with E-state index in [1.165, 1.54) is 0 Å². The zero-order chi connectivity index (χ0) is 20.3. The van der Waals surface area contributed by atoms with Crippen molar-refractivity contribution in [3.8, 4) is 0 Å². The third kappa shape index (κ3) is 7.21. The van der Waals surface area contributed by atoms with E-state index < -0.39 is 18.0 Å². The van der Waals surface area contributed by atoms with Gasteiger partial charge in [0.2, 0.25) is 0 Å². The van der Waals surface area contributed by atoms with Crippen molar-refractivity contribution < 1.29 is 23.9 Å². The van der Waals surface area contributed by atoms with Crippen LogP contribution in [0.25, 0.3) is 0 Å². The molecule has 2 N–H and O–H groups in total. The monoisotopic (exact) mass is 398 g/mol. The van der Waals surface area contributed by atoms with Gasteiger partial charge in [-0.05, 0) is 17.5 Å². The van der Waals surface area contributed by atoms with E-state index in [4.69, 9.17) is 14.3 Å². The van der Waals surface area contributed by atoms with Crippen molar-refractivity contribution in [2.75, 3.05) is 19.8 Å². The standard InChI is InChI=1S/C22H26N2O5/c25-21(24-29-16-19-11-12-27-14-19)20(13-17-7-3-1-4-8-17)23-22(26)28-15-18-9-5-2-6-10-18/h1-10,19-20H,11-16H2,(H,23,26)(H,24,25)/t19-,20-/m0/s1. The number of alkyl carbamates (subject to hydrolysis) is 1. The van der Waals surface area contributed by atoms with Gasteiger partial charge in [0.05, 0.1) is 13.2 Å². The SMILES string of the molecule is O=C(N[C@@H](Cc1ccccc1)C(=O)NOC[C@H]1CCOC1)OCc1ccccc1. The van der Waals surface area contributed by atoms with Gasteiger partial charge in [-0.25, -0.2) is 10.3 Å². The van der Waals surface area contributed by atoms with E-state index in [0.717, 1.165) is 17.5 Å². The average molecular weight is 398 g/mol. The van der Waals surface area contributed by atoms with Crippen molar-refractivity contribution >= 4 is 12.0 Å². The maximum Gasteiger partial charge on any atom is 0.408 e. The lowest BCUT2D eigenvalue weighted by Crippen LogP contribution is -2.48. The highest BCUT2D eigenvalue weighted by molar-refractivity contribution is 5.85. The molecule has 1 heterocycles. The van der Waals surface area contributed by atoms with Crippen LogP contribution in [0.15, 0.2) is 60.7 Å². The number of amides is 2. The zero-order valence-corrected chi connectivity index (χ0v) is 16.2. The van der Waals surface area contributed by atoms with Gasteiger partial charge in [-0.15, -0.1) is 0 Å². The second-order valence-electron chi connectivity index (χ2n) is 6.96. The van der Waals surface area contributed by atoms with Crippen LogP contribution >= 0.6 is 0 Å². The van der Waals surface area contributed by atoms with Gasteiger partial charge in [-0.1, -0.05) is 60.7 Å². The molecular formula is C22H26N2O5. The van der Waals surface area contributed by atoms with Crippen LogP contribution in [-0.4, -0.2) is 37.9 Å². The topological polar surface area (TPSA) is 85.9 Å². The Balaban J connectivity index is 1.52. The molecule has 2 aromatic rings. The van der Waals surface area contributed by atoms with Crippen LogP contribution in [0.5, 0.6) is 0 Å². The minimum atomic E-state index is -0.819. The molecule has 7 heteroatoms. The molecular weight excluding hydrogens is 372 g/mol. The highest BCUT2D eigenvalue weighted by Gasteiger charge is 2.23. The summed E-state index contributed by atoms with van der Waals surface area (Å²) in [5.74, 6) is -0.156. The molecule has 2 atom stereocenters. The van der Waals surface area contributed by atoms with Gasteiger partial charge in [0.1, 0.15) is 12.6 Å². The van der Waals surface area contributed by atoms with Gasteiger partial charge in [0, 0.05) is 18.9 Å². The summed E-state index contributed by atoms with van der Waals surface area (Å²) in [7, 11) is 0. The molecule has 0 bridgehead atoms. The first-order valence-corrected chi connectivity index (χ1v) is 9.71. The normalized spacial score (nSPS) is 16.8. The Hall–Kier alpha value is -2.90. The quantitative estimate of drug-likeness (QED) is 0.634. The summed E-state index contributed by atoms with van der Waals surface area (Å²) in [6, 6.07) is 18.0. The number of carbonyl (C=O) groups is 2. The summed E-state index contributed by atoms with van der Waals surface area (Å²) < 4.78 is 10.5. The van der Waals surface area contributed by atoms with E-state index in [9.17, 15) is 9.59 Å². The van der Waals surface area contributed by atoms with Gasteiger partial charge in [-0.3, -0.25) is 9.63 Å². The fourth-order valence-corrected chi connectivity index (χ4v) is 2.98. The van der Waals surface area contributed by atoms with Gasteiger partial charge in [0.15, 0.2) is 0 Å². The Kier molecular flexibility index (Phi) is 8.03. The highest BCUT2D eigenvalue weighted by atomic mass is 16.7. The largest absolute Gasteiger partial charge is 0.445 e. The molecule has 1 aliphatic heterocycles. The smallest absolute Gasteiger partial charge is 0.408 e. The number of hydrogen-bond donors (Lipinski definition) is 2. The van der Waals surface area contributed by atoms with E-state index in [0.29, 0.717) is 26.2 Å². The molecule has 1 saturated heterocycles. The van der Waals surface area contributed by atoms with E-state index in [1.807, 2.05) is 60.7 Å². The van der Waals surface area contributed by atoms with Crippen LogP contribution < -0.4 is 10.8 Å². The van der Waals surface area contributed by atoms with Crippen LogP contribution in [0.2, 0.25) is 0 Å². The maximum atomic E-state index is 12.6. The van der Waals surface area contributed by atoms with Gasteiger partial charge >= 0.3 is 6.09 Å². The molecule has 2 amide bonds. The number of ether oxygens (including phenoxy) is 2. The van der Waals surface area contributed by atoms with Crippen LogP contribution in [0.4, 0.5) is 4.79 Å². The second-order valence-corrected chi connectivity index (χ2v) is 6.96. The Morgan fingerprint density at radius 2 is 1.72 bits per heavy atom. The summed E-state index contributed by atoms with van der Waals surface area (Å²) in [6.45, 7) is 1.85. The minimum absolute atomic E-state index is 0.129. The average Bonchev–Trinajstić information content (AvgIpc) is 3.27. The van der Waals surface area contributed by atoms with Crippen LogP contribution in [0, 0.1) is 5.92 Å². The Labute approximate surface area is 170 Å². The Morgan fingerprint density at radius 3 is 2.38 bits per heavy atom. The summed E-state index contributed by atoms with van der Waals surface area (Å²) in [4.78, 5) is 30.2. The molecule has 29 heavy (non-hydrogen) atoms. The minimum Gasteiger partial charge on any atom is -0.445 e. The molecule has 0 aliphatic carbocycles. The first kappa shape index (κ1) is 20.8. The maximum absolute atomic E-state index is 12.6. The summed E-state index contributed by atoms with van der Waals surface area (Å²) in [5.41, 5.74) is 4.23. The number of carbonyl (C=O) groups excluding carboxylic acids is 2. The fourth-order valence-electron chi connectivity index (χ4n) is 2.98. The molecule has 1 fully saturated rings. The predicted molar refractivity (Wildman–Crippen MR) is 107 cm³/mol. The van der Waals surface area contributed by atoms with E-state index in [2.05, 4.69) is 10.8 Å².